The molecule has 7 nitrogen and oxygen atoms in total. The van der Waals surface area contributed by atoms with Crippen LogP contribution in [0, 0.1) is 5.92 Å². The van der Waals surface area contributed by atoms with Crippen LogP contribution in [0.5, 0.6) is 17.2 Å². The molecule has 1 amide bonds. The number of fused-ring (bicyclic) bond motifs is 1. The number of hydrogen-bond acceptors (Lipinski definition) is 6. The van der Waals surface area contributed by atoms with Crippen molar-refractivity contribution in [1.29, 1.82) is 0 Å². The summed E-state index contributed by atoms with van der Waals surface area (Å²) < 4.78 is 22.5. The van der Waals surface area contributed by atoms with Gasteiger partial charge in [0.1, 0.15) is 5.75 Å². The van der Waals surface area contributed by atoms with Crippen molar-refractivity contribution in [2.45, 2.75) is 52.2 Å². The molecule has 0 bridgehead atoms. The SMILES string of the molecule is CCC(CC)C(=O)N(Cc1cc2cc(OC)c(OC)cc2nc1-c1cccc(OC)c1)C[C@@H]1CCCO1. The summed E-state index contributed by atoms with van der Waals surface area (Å²) in [7, 11) is 4.90. The molecule has 4 rings (SSSR count). The highest BCUT2D eigenvalue weighted by atomic mass is 16.5. The average molecular weight is 507 g/mol. The van der Waals surface area contributed by atoms with E-state index in [1.165, 1.54) is 0 Å². The number of nitrogens with zero attached hydrogens (tertiary/aromatic N) is 2. The van der Waals surface area contributed by atoms with Gasteiger partial charge in [0.25, 0.3) is 0 Å². The third-order valence-corrected chi connectivity index (χ3v) is 7.20. The van der Waals surface area contributed by atoms with Crippen LogP contribution in [0.4, 0.5) is 0 Å². The van der Waals surface area contributed by atoms with Crippen LogP contribution in [-0.4, -0.2) is 56.4 Å². The summed E-state index contributed by atoms with van der Waals surface area (Å²) in [5, 5.41) is 0.923. The summed E-state index contributed by atoms with van der Waals surface area (Å²) in [5.41, 5.74) is 3.49. The van der Waals surface area contributed by atoms with E-state index >= 15 is 0 Å². The zero-order valence-electron chi connectivity index (χ0n) is 22.6. The van der Waals surface area contributed by atoms with Gasteiger partial charge in [0.15, 0.2) is 11.5 Å². The molecule has 0 spiro atoms. The fourth-order valence-corrected chi connectivity index (χ4v) is 5.05. The maximum Gasteiger partial charge on any atom is 0.226 e. The highest BCUT2D eigenvalue weighted by Gasteiger charge is 2.28. The van der Waals surface area contributed by atoms with E-state index in [1.54, 1.807) is 21.3 Å². The first-order valence-corrected chi connectivity index (χ1v) is 13.1. The molecule has 2 heterocycles. The summed E-state index contributed by atoms with van der Waals surface area (Å²) in [6, 6.07) is 13.8. The minimum Gasteiger partial charge on any atom is -0.497 e. The van der Waals surface area contributed by atoms with Crippen LogP contribution in [0.1, 0.15) is 45.1 Å². The highest BCUT2D eigenvalue weighted by Crippen LogP contribution is 2.35. The number of aromatic nitrogens is 1. The van der Waals surface area contributed by atoms with E-state index in [0.717, 1.165) is 65.8 Å². The Balaban J connectivity index is 1.84. The van der Waals surface area contributed by atoms with Crippen molar-refractivity contribution in [1.82, 2.24) is 9.88 Å². The van der Waals surface area contributed by atoms with Gasteiger partial charge in [-0.05, 0) is 55.5 Å². The first-order chi connectivity index (χ1) is 18.0. The van der Waals surface area contributed by atoms with Crippen molar-refractivity contribution in [2.75, 3.05) is 34.5 Å². The van der Waals surface area contributed by atoms with Crippen LogP contribution in [0.25, 0.3) is 22.2 Å². The molecule has 1 aliphatic heterocycles. The Labute approximate surface area is 219 Å². The van der Waals surface area contributed by atoms with Gasteiger partial charge < -0.3 is 23.8 Å². The molecule has 0 unspecified atom stereocenters. The Hall–Kier alpha value is -3.32. The number of rotatable bonds is 11. The summed E-state index contributed by atoms with van der Waals surface area (Å²) in [5.74, 6) is 2.17. The number of pyridine rings is 1. The Kier molecular flexibility index (Phi) is 8.87. The first-order valence-electron chi connectivity index (χ1n) is 13.1. The second-order valence-corrected chi connectivity index (χ2v) is 9.50. The lowest BCUT2D eigenvalue weighted by Crippen LogP contribution is -2.40. The van der Waals surface area contributed by atoms with Gasteiger partial charge >= 0.3 is 0 Å². The van der Waals surface area contributed by atoms with Gasteiger partial charge in [-0.15, -0.1) is 0 Å². The van der Waals surface area contributed by atoms with E-state index in [-0.39, 0.29) is 17.9 Å². The van der Waals surface area contributed by atoms with Crippen molar-refractivity contribution in [3.63, 3.8) is 0 Å². The maximum atomic E-state index is 13.7. The van der Waals surface area contributed by atoms with Gasteiger partial charge in [-0.1, -0.05) is 26.0 Å². The zero-order valence-corrected chi connectivity index (χ0v) is 22.6. The summed E-state index contributed by atoms with van der Waals surface area (Å²) >= 11 is 0. The molecule has 1 fully saturated rings. The predicted octanol–water partition coefficient (Wildman–Crippen LogP) is 5.87. The van der Waals surface area contributed by atoms with E-state index in [1.807, 2.05) is 41.3 Å². The third kappa shape index (κ3) is 5.99. The van der Waals surface area contributed by atoms with Crippen molar-refractivity contribution in [3.05, 3.63) is 48.0 Å². The number of carbonyl (C=O) groups excluding carboxylic acids is 1. The molecule has 7 heteroatoms. The van der Waals surface area contributed by atoms with Gasteiger partial charge in [0.2, 0.25) is 5.91 Å². The molecule has 0 aliphatic carbocycles. The molecule has 198 valence electrons. The standard InChI is InChI=1S/C30H38N2O5/c1-6-20(7-2)30(33)32(19-25-12-9-13-37-25)18-23-14-22-16-27(35-4)28(36-5)17-26(22)31-29(23)21-10-8-11-24(15-21)34-3/h8,10-11,14-17,20,25H,6-7,9,12-13,18-19H2,1-5H3/t25-/m0/s1. The number of hydrogen-bond donors (Lipinski definition) is 0. The van der Waals surface area contributed by atoms with E-state index < -0.39 is 0 Å². The highest BCUT2D eigenvalue weighted by molar-refractivity contribution is 5.87. The Morgan fingerprint density at radius 2 is 1.81 bits per heavy atom. The van der Waals surface area contributed by atoms with Gasteiger partial charge in [-0.2, -0.15) is 0 Å². The minimum atomic E-state index is -0.0144. The van der Waals surface area contributed by atoms with Crippen molar-refractivity contribution >= 4 is 16.8 Å². The molecule has 1 aromatic heterocycles. The monoisotopic (exact) mass is 506 g/mol. The molecule has 37 heavy (non-hydrogen) atoms. The lowest BCUT2D eigenvalue weighted by atomic mass is 9.99. The summed E-state index contributed by atoms with van der Waals surface area (Å²) in [4.78, 5) is 20.7. The van der Waals surface area contributed by atoms with Gasteiger partial charge in [0, 0.05) is 42.6 Å². The predicted molar refractivity (Wildman–Crippen MR) is 145 cm³/mol. The van der Waals surface area contributed by atoms with Crippen molar-refractivity contribution in [3.8, 4) is 28.5 Å². The number of amides is 1. The van der Waals surface area contributed by atoms with Crippen molar-refractivity contribution in [2.24, 2.45) is 5.92 Å². The average Bonchev–Trinajstić information content (AvgIpc) is 3.45. The molecular weight excluding hydrogens is 468 g/mol. The lowest BCUT2D eigenvalue weighted by molar-refractivity contribution is -0.138. The van der Waals surface area contributed by atoms with Crippen LogP contribution >= 0.6 is 0 Å². The molecular formula is C30H38N2O5. The van der Waals surface area contributed by atoms with Crippen LogP contribution in [0.2, 0.25) is 0 Å². The molecule has 0 N–H and O–H groups in total. The molecule has 0 saturated carbocycles. The molecule has 1 saturated heterocycles. The largest absolute Gasteiger partial charge is 0.497 e. The second kappa shape index (κ2) is 12.3. The normalized spacial score (nSPS) is 15.2. The van der Waals surface area contributed by atoms with Gasteiger partial charge in [0.05, 0.1) is 38.6 Å². The number of carbonyl (C=O) groups is 1. The number of ether oxygens (including phenoxy) is 4. The topological polar surface area (TPSA) is 70.1 Å². The van der Waals surface area contributed by atoms with Gasteiger partial charge in [-0.3, -0.25) is 4.79 Å². The molecule has 1 aliphatic rings. The molecule has 3 aromatic rings. The second-order valence-electron chi connectivity index (χ2n) is 9.50. The Bertz CT molecular complexity index is 1220. The first kappa shape index (κ1) is 26.7. The van der Waals surface area contributed by atoms with Crippen LogP contribution in [0.3, 0.4) is 0 Å². The molecule has 0 radical (unpaired) electrons. The fourth-order valence-electron chi connectivity index (χ4n) is 5.05. The van der Waals surface area contributed by atoms with Crippen LogP contribution < -0.4 is 14.2 Å². The zero-order chi connectivity index (χ0) is 26.4. The van der Waals surface area contributed by atoms with E-state index in [9.17, 15) is 4.79 Å². The lowest BCUT2D eigenvalue weighted by Gasteiger charge is -2.29. The van der Waals surface area contributed by atoms with Crippen molar-refractivity contribution < 1.29 is 23.7 Å². The van der Waals surface area contributed by atoms with Gasteiger partial charge in [-0.25, -0.2) is 4.98 Å². The third-order valence-electron chi connectivity index (χ3n) is 7.20. The maximum absolute atomic E-state index is 13.7. The van der Waals surface area contributed by atoms with E-state index in [4.69, 9.17) is 23.9 Å². The smallest absolute Gasteiger partial charge is 0.226 e. The van der Waals surface area contributed by atoms with E-state index in [2.05, 4.69) is 19.9 Å². The van der Waals surface area contributed by atoms with E-state index in [0.29, 0.717) is 24.6 Å². The number of methoxy groups -OCH3 is 3. The fraction of sp³-hybridized carbons (Fsp3) is 0.467. The molecule has 1 atom stereocenters. The minimum absolute atomic E-state index is 0.0144. The Morgan fingerprint density at radius 3 is 2.46 bits per heavy atom. The quantitative estimate of drug-likeness (QED) is 0.324. The molecule has 2 aromatic carbocycles. The van der Waals surface area contributed by atoms with Crippen LogP contribution in [0.15, 0.2) is 42.5 Å². The Morgan fingerprint density at radius 1 is 1.05 bits per heavy atom. The van der Waals surface area contributed by atoms with Crippen LogP contribution in [-0.2, 0) is 16.1 Å². The number of benzene rings is 2. The summed E-state index contributed by atoms with van der Waals surface area (Å²) in [6.07, 6.45) is 3.70. The summed E-state index contributed by atoms with van der Waals surface area (Å²) in [6.45, 7) is 5.94.